The standard InChI is InChI=1S/C22H24F3N3O2/c23-22(24,25)21-20-18(5-6-26-21)17-4-3-16(30-14-15-1-2-15)13-19(17)28(20)8-7-27-9-11-29-12-10-27/h3-6,13,15H,1-2,7-12,14H2. The van der Waals surface area contributed by atoms with Crippen LogP contribution in [0.1, 0.15) is 18.5 Å². The molecule has 1 aliphatic heterocycles. The van der Waals surface area contributed by atoms with E-state index in [0.717, 1.165) is 24.0 Å². The fourth-order valence-corrected chi connectivity index (χ4v) is 4.12. The van der Waals surface area contributed by atoms with Crippen LogP contribution in [0.3, 0.4) is 0 Å². The lowest BCUT2D eigenvalue weighted by atomic mass is 10.1. The van der Waals surface area contributed by atoms with E-state index in [1.54, 1.807) is 10.6 Å². The third kappa shape index (κ3) is 3.86. The smallest absolute Gasteiger partial charge is 0.435 e. The summed E-state index contributed by atoms with van der Waals surface area (Å²) in [5.41, 5.74) is 0.0660. The minimum absolute atomic E-state index is 0.146. The van der Waals surface area contributed by atoms with Crippen molar-refractivity contribution in [2.24, 2.45) is 5.92 Å². The minimum atomic E-state index is -4.52. The highest BCUT2D eigenvalue weighted by Crippen LogP contribution is 2.39. The molecule has 0 atom stereocenters. The average molecular weight is 419 g/mol. The van der Waals surface area contributed by atoms with Gasteiger partial charge in [-0.2, -0.15) is 13.2 Å². The van der Waals surface area contributed by atoms with Gasteiger partial charge in [0.15, 0.2) is 5.69 Å². The highest BCUT2D eigenvalue weighted by molar-refractivity contribution is 6.09. The van der Waals surface area contributed by atoms with E-state index in [4.69, 9.17) is 9.47 Å². The summed E-state index contributed by atoms with van der Waals surface area (Å²) >= 11 is 0. The number of hydrogen-bond donors (Lipinski definition) is 0. The predicted molar refractivity (Wildman–Crippen MR) is 108 cm³/mol. The number of fused-ring (bicyclic) bond motifs is 3. The van der Waals surface area contributed by atoms with Gasteiger partial charge in [-0.1, -0.05) is 0 Å². The van der Waals surface area contributed by atoms with Crippen molar-refractivity contribution in [3.63, 3.8) is 0 Å². The zero-order chi connectivity index (χ0) is 20.7. The number of pyridine rings is 1. The fraction of sp³-hybridized carbons (Fsp3) is 0.500. The Balaban J connectivity index is 1.59. The molecule has 1 aliphatic carbocycles. The molecular formula is C22H24F3N3O2. The summed E-state index contributed by atoms with van der Waals surface area (Å²) in [6.07, 6.45) is -0.907. The number of halogens is 3. The van der Waals surface area contributed by atoms with Crippen molar-refractivity contribution in [2.75, 3.05) is 39.5 Å². The molecule has 3 heterocycles. The Hall–Kier alpha value is -2.32. The molecule has 30 heavy (non-hydrogen) atoms. The molecule has 1 saturated heterocycles. The Morgan fingerprint density at radius 2 is 1.87 bits per heavy atom. The van der Waals surface area contributed by atoms with E-state index in [0.29, 0.717) is 50.0 Å². The number of ether oxygens (including phenoxy) is 2. The molecule has 3 aromatic rings. The second-order valence-corrected chi connectivity index (χ2v) is 8.09. The van der Waals surface area contributed by atoms with E-state index >= 15 is 0 Å². The van der Waals surface area contributed by atoms with E-state index < -0.39 is 11.9 Å². The number of hydrogen-bond acceptors (Lipinski definition) is 4. The molecule has 8 heteroatoms. The van der Waals surface area contributed by atoms with E-state index in [9.17, 15) is 13.2 Å². The normalized spacial score (nSPS) is 18.4. The van der Waals surface area contributed by atoms with E-state index in [2.05, 4.69) is 9.88 Å². The Morgan fingerprint density at radius 3 is 2.60 bits per heavy atom. The Morgan fingerprint density at radius 1 is 1.07 bits per heavy atom. The highest BCUT2D eigenvalue weighted by atomic mass is 19.4. The fourth-order valence-electron chi connectivity index (χ4n) is 4.12. The van der Waals surface area contributed by atoms with Crippen LogP contribution in [-0.4, -0.2) is 53.9 Å². The van der Waals surface area contributed by atoms with Crippen molar-refractivity contribution in [3.05, 3.63) is 36.2 Å². The molecule has 1 aromatic carbocycles. The van der Waals surface area contributed by atoms with Crippen LogP contribution in [0.25, 0.3) is 21.8 Å². The monoisotopic (exact) mass is 419 g/mol. The molecular weight excluding hydrogens is 395 g/mol. The SMILES string of the molecule is FC(F)(F)c1nccc2c3ccc(OCC4CC4)cc3n(CCN3CCOCC3)c12. The van der Waals surface area contributed by atoms with Crippen LogP contribution < -0.4 is 4.74 Å². The molecule has 1 saturated carbocycles. The summed E-state index contributed by atoms with van der Waals surface area (Å²) in [6.45, 7) is 4.65. The Kier molecular flexibility index (Phi) is 5.06. The lowest BCUT2D eigenvalue weighted by Crippen LogP contribution is -2.38. The largest absolute Gasteiger partial charge is 0.493 e. The molecule has 0 N–H and O–H groups in total. The van der Waals surface area contributed by atoms with E-state index in [1.807, 2.05) is 18.2 Å². The van der Waals surface area contributed by atoms with Gasteiger partial charge in [0.2, 0.25) is 0 Å². The van der Waals surface area contributed by atoms with Gasteiger partial charge in [0.05, 0.1) is 30.9 Å². The molecule has 160 valence electrons. The third-order valence-corrected chi connectivity index (χ3v) is 5.94. The summed E-state index contributed by atoms with van der Waals surface area (Å²) < 4.78 is 54.4. The van der Waals surface area contributed by atoms with Crippen LogP contribution in [0.2, 0.25) is 0 Å². The summed E-state index contributed by atoms with van der Waals surface area (Å²) in [7, 11) is 0. The Bertz CT molecular complexity index is 1050. The lowest BCUT2D eigenvalue weighted by Gasteiger charge is -2.27. The van der Waals surface area contributed by atoms with Crippen LogP contribution in [-0.2, 0) is 17.5 Å². The number of nitrogens with zero attached hydrogens (tertiary/aromatic N) is 3. The molecule has 0 unspecified atom stereocenters. The van der Waals surface area contributed by atoms with Gasteiger partial charge in [0.1, 0.15) is 5.75 Å². The van der Waals surface area contributed by atoms with Crippen molar-refractivity contribution in [1.29, 1.82) is 0 Å². The first kappa shape index (κ1) is 19.6. The lowest BCUT2D eigenvalue weighted by molar-refractivity contribution is -0.140. The zero-order valence-electron chi connectivity index (χ0n) is 16.6. The second kappa shape index (κ2) is 7.74. The molecule has 2 aliphatic rings. The second-order valence-electron chi connectivity index (χ2n) is 8.09. The van der Waals surface area contributed by atoms with E-state index in [1.165, 1.54) is 19.0 Å². The van der Waals surface area contributed by atoms with Crippen molar-refractivity contribution in [1.82, 2.24) is 14.5 Å². The quantitative estimate of drug-likeness (QED) is 0.596. The van der Waals surface area contributed by atoms with Gasteiger partial charge in [-0.05, 0) is 37.0 Å². The summed E-state index contributed by atoms with van der Waals surface area (Å²) in [5.74, 6) is 1.31. The van der Waals surface area contributed by atoms with Crippen molar-refractivity contribution in [2.45, 2.75) is 25.6 Å². The number of rotatable bonds is 6. The van der Waals surface area contributed by atoms with Crippen molar-refractivity contribution in [3.8, 4) is 5.75 Å². The van der Waals surface area contributed by atoms with Gasteiger partial charge in [0.25, 0.3) is 0 Å². The van der Waals surface area contributed by atoms with Gasteiger partial charge in [0, 0.05) is 49.2 Å². The van der Waals surface area contributed by atoms with Gasteiger partial charge in [-0.25, -0.2) is 4.98 Å². The number of morpholine rings is 1. The third-order valence-electron chi connectivity index (χ3n) is 5.94. The molecule has 0 radical (unpaired) electrons. The number of benzene rings is 1. The van der Waals surface area contributed by atoms with Crippen LogP contribution in [0.15, 0.2) is 30.5 Å². The van der Waals surface area contributed by atoms with Crippen LogP contribution in [0.5, 0.6) is 5.75 Å². The van der Waals surface area contributed by atoms with Gasteiger partial charge < -0.3 is 14.0 Å². The first-order chi connectivity index (χ1) is 14.5. The predicted octanol–water partition coefficient (Wildman–Crippen LogP) is 4.33. The van der Waals surface area contributed by atoms with Crippen LogP contribution >= 0.6 is 0 Å². The maximum atomic E-state index is 13.8. The first-order valence-electron chi connectivity index (χ1n) is 10.4. The van der Waals surface area contributed by atoms with Crippen LogP contribution in [0.4, 0.5) is 13.2 Å². The number of aromatic nitrogens is 2. The molecule has 0 bridgehead atoms. The van der Waals surface area contributed by atoms with Crippen molar-refractivity contribution < 1.29 is 22.6 Å². The minimum Gasteiger partial charge on any atom is -0.493 e. The van der Waals surface area contributed by atoms with Gasteiger partial charge >= 0.3 is 6.18 Å². The van der Waals surface area contributed by atoms with Crippen molar-refractivity contribution >= 4 is 21.8 Å². The molecule has 0 amide bonds. The highest BCUT2D eigenvalue weighted by Gasteiger charge is 2.36. The average Bonchev–Trinajstić information content (AvgIpc) is 3.52. The van der Waals surface area contributed by atoms with Gasteiger partial charge in [-0.3, -0.25) is 4.90 Å². The summed E-state index contributed by atoms with van der Waals surface area (Å²) in [5, 5.41) is 1.36. The van der Waals surface area contributed by atoms with Gasteiger partial charge in [-0.15, -0.1) is 0 Å². The molecule has 2 fully saturated rings. The molecule has 5 nitrogen and oxygen atoms in total. The van der Waals surface area contributed by atoms with E-state index in [-0.39, 0.29) is 5.52 Å². The number of alkyl halides is 3. The summed E-state index contributed by atoms with van der Waals surface area (Å²) in [6, 6.07) is 7.26. The maximum absolute atomic E-state index is 13.8. The maximum Gasteiger partial charge on any atom is 0.435 e. The first-order valence-corrected chi connectivity index (χ1v) is 10.4. The zero-order valence-corrected chi connectivity index (χ0v) is 16.6. The molecule has 0 spiro atoms. The summed E-state index contributed by atoms with van der Waals surface area (Å²) in [4.78, 5) is 5.93. The molecule has 5 rings (SSSR count). The topological polar surface area (TPSA) is 39.5 Å². The van der Waals surface area contributed by atoms with Crippen LogP contribution in [0, 0.1) is 5.92 Å². The Labute approximate surface area is 172 Å². The molecule has 2 aromatic heterocycles.